The number of carbonyl (C=O) groups is 1. The molecule has 0 radical (unpaired) electrons. The molecule has 1 rings (SSSR count). The molecule has 0 bridgehead atoms. The summed E-state index contributed by atoms with van der Waals surface area (Å²) >= 11 is 0. The number of halogens is 6. The van der Waals surface area contributed by atoms with Gasteiger partial charge in [0.25, 0.3) is 0 Å². The maximum atomic E-state index is 13.5. The monoisotopic (exact) mass is 427 g/mol. The fourth-order valence-corrected chi connectivity index (χ4v) is 2.43. The van der Waals surface area contributed by atoms with Crippen molar-refractivity contribution in [3.05, 3.63) is 46.8 Å². The van der Waals surface area contributed by atoms with Gasteiger partial charge in [-0.05, 0) is 37.5 Å². The SMILES string of the molecule is CO/C=C(C(=O)OC)\C(C)=C(/CC/C=C(\C1=NOCC=C1)C(F)(F)F)C(F)(F)F. The van der Waals surface area contributed by atoms with Crippen molar-refractivity contribution in [2.24, 2.45) is 5.16 Å². The van der Waals surface area contributed by atoms with Gasteiger partial charge in [-0.25, -0.2) is 4.79 Å². The number of oxime groups is 1. The Morgan fingerprint density at radius 2 is 1.86 bits per heavy atom. The lowest BCUT2D eigenvalue weighted by atomic mass is 9.97. The van der Waals surface area contributed by atoms with E-state index in [1.54, 1.807) is 0 Å². The third-order valence-corrected chi connectivity index (χ3v) is 3.77. The Hall–Kier alpha value is -2.72. The molecule has 5 nitrogen and oxygen atoms in total. The molecule has 0 aromatic carbocycles. The Labute approximate surface area is 163 Å². The van der Waals surface area contributed by atoms with Crippen LogP contribution in [-0.4, -0.2) is 44.9 Å². The number of hydrogen-bond donors (Lipinski definition) is 0. The van der Waals surface area contributed by atoms with Crippen LogP contribution in [0.2, 0.25) is 0 Å². The Balaban J connectivity index is 3.27. The molecular formula is C18H19F6NO4. The number of carbonyl (C=O) groups excluding carboxylic acids is 1. The van der Waals surface area contributed by atoms with Crippen LogP contribution in [0.1, 0.15) is 19.8 Å². The van der Waals surface area contributed by atoms with E-state index in [0.717, 1.165) is 33.5 Å². The average molecular weight is 427 g/mol. The van der Waals surface area contributed by atoms with Gasteiger partial charge in [-0.2, -0.15) is 26.3 Å². The van der Waals surface area contributed by atoms with Crippen LogP contribution in [0, 0.1) is 0 Å². The molecule has 0 N–H and O–H groups in total. The third kappa shape index (κ3) is 6.99. The first-order valence-electron chi connectivity index (χ1n) is 8.16. The van der Waals surface area contributed by atoms with Crippen molar-refractivity contribution in [1.82, 2.24) is 0 Å². The molecule has 29 heavy (non-hydrogen) atoms. The number of hydrogen-bond acceptors (Lipinski definition) is 5. The standard InChI is InChI=1S/C18H19F6NO4/c1-11(12(10-27-2)16(26)28-3)13(17(19,20)21)6-4-7-14(18(22,23)24)15-8-5-9-29-25-15/h5,7-8,10H,4,6,9H2,1-3H3/b12-10+,13-11+,14-7+. The number of ether oxygens (including phenoxy) is 2. The van der Waals surface area contributed by atoms with E-state index >= 15 is 0 Å². The van der Waals surface area contributed by atoms with E-state index in [9.17, 15) is 31.1 Å². The minimum atomic E-state index is -4.89. The second kappa shape index (κ2) is 10.2. The van der Waals surface area contributed by atoms with Crippen molar-refractivity contribution in [2.75, 3.05) is 20.8 Å². The summed E-state index contributed by atoms with van der Waals surface area (Å²) in [5.74, 6) is -1.07. The van der Waals surface area contributed by atoms with Crippen molar-refractivity contribution >= 4 is 11.7 Å². The predicted octanol–water partition coefficient (Wildman–Crippen LogP) is 4.78. The van der Waals surface area contributed by atoms with Gasteiger partial charge >= 0.3 is 18.3 Å². The maximum Gasteiger partial charge on any atom is 0.418 e. The molecule has 0 amide bonds. The number of esters is 1. The van der Waals surface area contributed by atoms with Gasteiger partial charge in [-0.3, -0.25) is 0 Å². The zero-order valence-corrected chi connectivity index (χ0v) is 15.8. The Kier molecular flexibility index (Phi) is 8.53. The quantitative estimate of drug-likeness (QED) is 0.193. The van der Waals surface area contributed by atoms with E-state index in [0.29, 0.717) is 6.08 Å². The number of rotatable bonds is 7. The van der Waals surface area contributed by atoms with Crippen LogP contribution in [-0.2, 0) is 19.1 Å². The van der Waals surface area contributed by atoms with Gasteiger partial charge in [-0.15, -0.1) is 0 Å². The summed E-state index contributed by atoms with van der Waals surface area (Å²) in [6.07, 6.45) is -7.40. The molecule has 1 heterocycles. The van der Waals surface area contributed by atoms with E-state index in [2.05, 4.69) is 19.5 Å². The second-order valence-electron chi connectivity index (χ2n) is 5.69. The molecule has 0 aromatic rings. The van der Waals surface area contributed by atoms with Gasteiger partial charge in [0.1, 0.15) is 12.3 Å². The van der Waals surface area contributed by atoms with Crippen molar-refractivity contribution in [1.29, 1.82) is 0 Å². The first-order chi connectivity index (χ1) is 13.4. The van der Waals surface area contributed by atoms with E-state index < -0.39 is 59.2 Å². The zero-order chi connectivity index (χ0) is 22.2. The van der Waals surface area contributed by atoms with Crippen LogP contribution in [0.25, 0.3) is 0 Å². The third-order valence-electron chi connectivity index (χ3n) is 3.77. The average Bonchev–Trinajstić information content (AvgIpc) is 2.63. The molecule has 0 spiro atoms. The summed E-state index contributed by atoms with van der Waals surface area (Å²) < 4.78 is 89.2. The van der Waals surface area contributed by atoms with Crippen molar-refractivity contribution in [3.8, 4) is 0 Å². The summed E-state index contributed by atoms with van der Waals surface area (Å²) in [5, 5.41) is 3.29. The lowest BCUT2D eigenvalue weighted by molar-refractivity contribution is -0.136. The van der Waals surface area contributed by atoms with E-state index in [4.69, 9.17) is 0 Å². The highest BCUT2D eigenvalue weighted by Crippen LogP contribution is 2.35. The number of alkyl halides is 6. The number of allylic oxidation sites excluding steroid dienone is 4. The summed E-state index contributed by atoms with van der Waals surface area (Å²) in [7, 11) is 2.10. The lowest BCUT2D eigenvalue weighted by Gasteiger charge is -2.17. The molecule has 0 fully saturated rings. The first-order valence-corrected chi connectivity index (χ1v) is 8.16. The Morgan fingerprint density at radius 3 is 2.31 bits per heavy atom. The normalized spacial score (nSPS) is 16.7. The van der Waals surface area contributed by atoms with Crippen LogP contribution in [0.4, 0.5) is 26.3 Å². The topological polar surface area (TPSA) is 57.1 Å². The molecule has 162 valence electrons. The molecule has 0 unspecified atom stereocenters. The van der Waals surface area contributed by atoms with Gasteiger partial charge < -0.3 is 14.3 Å². The highest BCUT2D eigenvalue weighted by molar-refractivity contribution is 6.09. The molecule has 0 aliphatic carbocycles. The van der Waals surface area contributed by atoms with Crippen LogP contribution < -0.4 is 0 Å². The van der Waals surface area contributed by atoms with Gasteiger partial charge in [0.05, 0.1) is 31.6 Å². The number of methoxy groups -OCH3 is 2. The van der Waals surface area contributed by atoms with Crippen molar-refractivity contribution in [2.45, 2.75) is 32.1 Å². The molecule has 0 saturated carbocycles. The van der Waals surface area contributed by atoms with E-state index in [-0.39, 0.29) is 6.61 Å². The minimum absolute atomic E-state index is 0.00304. The van der Waals surface area contributed by atoms with Gasteiger partial charge in [0.15, 0.2) is 0 Å². The minimum Gasteiger partial charge on any atom is -0.503 e. The smallest absolute Gasteiger partial charge is 0.418 e. The van der Waals surface area contributed by atoms with Crippen LogP contribution >= 0.6 is 0 Å². The molecule has 11 heteroatoms. The highest BCUT2D eigenvalue weighted by Gasteiger charge is 2.38. The fraction of sp³-hybridized carbons (Fsp3) is 0.444. The summed E-state index contributed by atoms with van der Waals surface area (Å²) in [5.41, 5.74) is -3.93. The van der Waals surface area contributed by atoms with Gasteiger partial charge in [-0.1, -0.05) is 11.2 Å². The summed E-state index contributed by atoms with van der Waals surface area (Å²) in [6, 6.07) is 0. The molecular weight excluding hydrogens is 408 g/mol. The van der Waals surface area contributed by atoms with Crippen LogP contribution in [0.15, 0.2) is 51.9 Å². The molecule has 0 saturated heterocycles. The molecule has 1 aliphatic rings. The molecule has 0 atom stereocenters. The number of nitrogens with zero attached hydrogens (tertiary/aromatic N) is 1. The Bertz CT molecular complexity index is 757. The lowest BCUT2D eigenvalue weighted by Crippen LogP contribution is -2.21. The summed E-state index contributed by atoms with van der Waals surface area (Å²) in [4.78, 5) is 16.3. The molecule has 1 aliphatic heterocycles. The second-order valence-corrected chi connectivity index (χ2v) is 5.69. The Morgan fingerprint density at radius 1 is 1.21 bits per heavy atom. The van der Waals surface area contributed by atoms with Crippen molar-refractivity contribution < 1.29 is 45.4 Å². The highest BCUT2D eigenvalue weighted by atomic mass is 19.4. The van der Waals surface area contributed by atoms with Gasteiger partial charge in [0, 0.05) is 5.57 Å². The fourth-order valence-electron chi connectivity index (χ4n) is 2.43. The van der Waals surface area contributed by atoms with Crippen molar-refractivity contribution in [3.63, 3.8) is 0 Å². The molecule has 0 aromatic heterocycles. The van der Waals surface area contributed by atoms with Crippen LogP contribution in [0.5, 0.6) is 0 Å². The largest absolute Gasteiger partial charge is 0.503 e. The summed E-state index contributed by atoms with van der Waals surface area (Å²) in [6.45, 7) is 1.01. The van der Waals surface area contributed by atoms with E-state index in [1.165, 1.54) is 6.08 Å². The van der Waals surface area contributed by atoms with E-state index in [1.807, 2.05) is 0 Å². The maximum absolute atomic E-state index is 13.5. The first kappa shape index (κ1) is 24.3. The zero-order valence-electron chi connectivity index (χ0n) is 15.8. The van der Waals surface area contributed by atoms with Gasteiger partial charge in [0.2, 0.25) is 0 Å². The predicted molar refractivity (Wildman–Crippen MR) is 91.8 cm³/mol. The van der Waals surface area contributed by atoms with Crippen LogP contribution in [0.3, 0.4) is 0 Å².